The molecule has 0 radical (unpaired) electrons. The van der Waals surface area contributed by atoms with Crippen LogP contribution in [0.25, 0.3) is 22.0 Å². The van der Waals surface area contributed by atoms with E-state index in [1.54, 1.807) is 15.5 Å². The lowest BCUT2D eigenvalue weighted by molar-refractivity contribution is -0.128. The van der Waals surface area contributed by atoms with Crippen LogP contribution in [0.5, 0.6) is 11.5 Å². The molecule has 3 heterocycles. The van der Waals surface area contributed by atoms with Crippen molar-refractivity contribution in [3.05, 3.63) is 58.2 Å². The molecular formula is C29H33ClFN5O4. The summed E-state index contributed by atoms with van der Waals surface area (Å²) in [4.78, 5) is 36.6. The fourth-order valence-corrected chi connectivity index (χ4v) is 6.03. The molecule has 1 amide bonds. The monoisotopic (exact) mass is 569 g/mol. The Labute approximate surface area is 237 Å². The number of ether oxygens (including phenoxy) is 1. The predicted octanol–water partition coefficient (Wildman–Crippen LogP) is 4.06. The van der Waals surface area contributed by atoms with Crippen molar-refractivity contribution in [3.63, 3.8) is 0 Å². The molecule has 1 aromatic heterocycles. The molecule has 0 aliphatic carbocycles. The standard InChI is InChI=1S/C29H33ClFN5O4/c1-6-23(38)34-12-17(4)35(13-16(34)3)28-19-11-20(30)24(25-21(31)9-8-10-22(25)37)27-26(19)36(29(39)32-28)18(15-40-27)14-33(5)7-2/h6,8-11,16-18,37H,1,7,12-15H2,2-5H3/t16-,17+,18-/m1/s1. The van der Waals surface area contributed by atoms with Gasteiger partial charge in [-0.3, -0.25) is 9.36 Å². The fourth-order valence-electron chi connectivity index (χ4n) is 5.74. The van der Waals surface area contributed by atoms with Crippen molar-refractivity contribution in [1.29, 1.82) is 0 Å². The fraction of sp³-hybridized carbons (Fsp3) is 0.414. The predicted molar refractivity (Wildman–Crippen MR) is 154 cm³/mol. The molecule has 11 heteroatoms. The first-order chi connectivity index (χ1) is 19.1. The van der Waals surface area contributed by atoms with Crippen LogP contribution < -0.4 is 15.3 Å². The highest BCUT2D eigenvalue weighted by atomic mass is 35.5. The van der Waals surface area contributed by atoms with Gasteiger partial charge in [-0.15, -0.1) is 0 Å². The number of likely N-dealkylation sites (N-methyl/N-ethyl adjacent to an activating group) is 1. The number of nitrogens with zero attached hydrogens (tertiary/aromatic N) is 5. The van der Waals surface area contributed by atoms with Gasteiger partial charge in [0.1, 0.15) is 24.0 Å². The van der Waals surface area contributed by atoms with Crippen LogP contribution in [0.2, 0.25) is 5.02 Å². The van der Waals surface area contributed by atoms with Crippen LogP contribution in [0.1, 0.15) is 26.8 Å². The van der Waals surface area contributed by atoms with Crippen molar-refractivity contribution in [1.82, 2.24) is 19.4 Å². The third kappa shape index (κ3) is 4.58. The van der Waals surface area contributed by atoms with Crippen molar-refractivity contribution in [3.8, 4) is 22.6 Å². The number of phenolic OH excluding ortho intramolecular Hbond substituents is 1. The zero-order valence-corrected chi connectivity index (χ0v) is 23.8. The average molecular weight is 570 g/mol. The van der Waals surface area contributed by atoms with Crippen molar-refractivity contribution in [2.75, 3.05) is 44.7 Å². The minimum atomic E-state index is -0.664. The van der Waals surface area contributed by atoms with E-state index in [-0.39, 0.29) is 58.3 Å². The second-order valence-corrected chi connectivity index (χ2v) is 11.0. The highest BCUT2D eigenvalue weighted by molar-refractivity contribution is 6.35. The molecule has 2 aromatic carbocycles. The molecule has 3 aromatic rings. The van der Waals surface area contributed by atoms with E-state index in [0.29, 0.717) is 36.4 Å². The van der Waals surface area contributed by atoms with Gasteiger partial charge in [0.15, 0.2) is 5.75 Å². The van der Waals surface area contributed by atoms with Crippen LogP contribution in [-0.2, 0) is 4.79 Å². The molecule has 1 saturated heterocycles. The maximum atomic E-state index is 15.1. The van der Waals surface area contributed by atoms with Gasteiger partial charge in [-0.25, -0.2) is 9.18 Å². The number of aromatic nitrogens is 2. The Balaban J connectivity index is 1.77. The molecule has 1 fully saturated rings. The minimum absolute atomic E-state index is 0.0931. The van der Waals surface area contributed by atoms with E-state index in [0.717, 1.165) is 6.54 Å². The largest absolute Gasteiger partial charge is 0.507 e. The van der Waals surface area contributed by atoms with Crippen molar-refractivity contribution in [2.45, 2.75) is 38.9 Å². The summed E-state index contributed by atoms with van der Waals surface area (Å²) in [7, 11) is 1.96. The molecule has 2 aliphatic rings. The number of hydrogen-bond donors (Lipinski definition) is 1. The number of anilines is 1. The second-order valence-electron chi connectivity index (χ2n) is 10.5. The van der Waals surface area contributed by atoms with Gasteiger partial charge in [-0.1, -0.05) is 31.2 Å². The van der Waals surface area contributed by atoms with Crippen LogP contribution in [0.3, 0.4) is 0 Å². The van der Waals surface area contributed by atoms with Crippen molar-refractivity contribution in [2.24, 2.45) is 0 Å². The maximum absolute atomic E-state index is 15.1. The number of carbonyl (C=O) groups is 1. The Morgan fingerprint density at radius 1 is 1.30 bits per heavy atom. The first kappa shape index (κ1) is 27.9. The first-order valence-electron chi connectivity index (χ1n) is 13.3. The molecule has 3 atom stereocenters. The van der Waals surface area contributed by atoms with Gasteiger partial charge in [0, 0.05) is 37.1 Å². The second kappa shape index (κ2) is 10.7. The van der Waals surface area contributed by atoms with E-state index in [4.69, 9.17) is 16.3 Å². The average Bonchev–Trinajstić information content (AvgIpc) is 2.92. The van der Waals surface area contributed by atoms with Gasteiger partial charge in [0.25, 0.3) is 0 Å². The van der Waals surface area contributed by atoms with Crippen LogP contribution >= 0.6 is 11.6 Å². The number of rotatable bonds is 6. The quantitative estimate of drug-likeness (QED) is 0.448. The Bertz CT molecular complexity index is 1540. The van der Waals surface area contributed by atoms with Gasteiger partial charge in [0.2, 0.25) is 5.91 Å². The van der Waals surface area contributed by atoms with Gasteiger partial charge in [-0.05, 0) is 51.7 Å². The Morgan fingerprint density at radius 2 is 2.05 bits per heavy atom. The Hall–Kier alpha value is -3.63. The van der Waals surface area contributed by atoms with Gasteiger partial charge in [0.05, 0.1) is 27.7 Å². The molecule has 0 spiro atoms. The van der Waals surface area contributed by atoms with Gasteiger partial charge in [-0.2, -0.15) is 4.98 Å². The zero-order chi connectivity index (χ0) is 28.9. The molecule has 1 N–H and O–H groups in total. The molecule has 2 aliphatic heterocycles. The molecule has 212 valence electrons. The lowest BCUT2D eigenvalue weighted by Crippen LogP contribution is -2.58. The van der Waals surface area contributed by atoms with Crippen LogP contribution in [0.15, 0.2) is 41.7 Å². The Kier molecular flexibility index (Phi) is 7.50. The summed E-state index contributed by atoms with van der Waals surface area (Å²) in [6.07, 6.45) is 1.30. The molecular weight excluding hydrogens is 537 g/mol. The third-order valence-corrected chi connectivity index (χ3v) is 8.20. The summed E-state index contributed by atoms with van der Waals surface area (Å²) in [5.41, 5.74) is 0.0731. The summed E-state index contributed by atoms with van der Waals surface area (Å²) >= 11 is 6.82. The van der Waals surface area contributed by atoms with Crippen molar-refractivity contribution >= 4 is 34.2 Å². The summed E-state index contributed by atoms with van der Waals surface area (Å²) < 4.78 is 23.0. The number of benzene rings is 2. The highest BCUT2D eigenvalue weighted by Gasteiger charge is 2.36. The van der Waals surface area contributed by atoms with Crippen LogP contribution in [-0.4, -0.2) is 82.3 Å². The highest BCUT2D eigenvalue weighted by Crippen LogP contribution is 2.49. The number of aromatic hydroxyl groups is 1. The minimum Gasteiger partial charge on any atom is -0.507 e. The molecule has 9 nitrogen and oxygen atoms in total. The molecule has 40 heavy (non-hydrogen) atoms. The summed E-state index contributed by atoms with van der Waals surface area (Å²) in [5, 5.41) is 11.4. The lowest BCUT2D eigenvalue weighted by atomic mass is 9.98. The molecule has 0 bridgehead atoms. The third-order valence-electron chi connectivity index (χ3n) is 7.90. The number of hydrogen-bond acceptors (Lipinski definition) is 7. The number of halogens is 2. The number of piperazine rings is 1. The first-order valence-corrected chi connectivity index (χ1v) is 13.7. The summed E-state index contributed by atoms with van der Waals surface area (Å²) in [5.74, 6) is -0.468. The van der Waals surface area contributed by atoms with E-state index in [1.165, 1.54) is 24.3 Å². The SMILES string of the molecule is C=CC(=O)N1C[C@H](C)N(c2nc(=O)n3c4c(c(-c5c(O)cccc5F)c(Cl)cc24)OC[C@H]3CN(C)CC)C[C@H]1C. The van der Waals surface area contributed by atoms with Crippen LogP contribution in [0.4, 0.5) is 10.2 Å². The smallest absolute Gasteiger partial charge is 0.350 e. The number of amides is 1. The summed E-state index contributed by atoms with van der Waals surface area (Å²) in [6, 6.07) is 5.00. The topological polar surface area (TPSA) is 91.1 Å². The van der Waals surface area contributed by atoms with Gasteiger partial charge < -0.3 is 24.5 Å². The van der Waals surface area contributed by atoms with Gasteiger partial charge >= 0.3 is 5.69 Å². The van der Waals surface area contributed by atoms with E-state index in [2.05, 4.69) is 16.5 Å². The van der Waals surface area contributed by atoms with E-state index >= 15 is 4.39 Å². The van der Waals surface area contributed by atoms with E-state index < -0.39 is 11.5 Å². The van der Waals surface area contributed by atoms with Crippen LogP contribution in [0, 0.1) is 5.82 Å². The Morgan fingerprint density at radius 3 is 2.73 bits per heavy atom. The molecule has 5 rings (SSSR count). The van der Waals surface area contributed by atoms with E-state index in [9.17, 15) is 14.7 Å². The number of phenols is 1. The van der Waals surface area contributed by atoms with Crippen molar-refractivity contribution < 1.29 is 19.0 Å². The summed E-state index contributed by atoms with van der Waals surface area (Å²) in [6.45, 7) is 11.8. The zero-order valence-electron chi connectivity index (χ0n) is 23.0. The molecule has 0 unspecified atom stereocenters. The maximum Gasteiger partial charge on any atom is 0.350 e. The number of carbonyl (C=O) groups excluding carboxylic acids is 1. The normalized spacial score (nSPS) is 20.6. The molecule has 0 saturated carbocycles. The lowest BCUT2D eigenvalue weighted by Gasteiger charge is -2.45. The van der Waals surface area contributed by atoms with E-state index in [1.807, 2.05) is 32.7 Å².